The normalized spacial score (nSPS) is 13.5. The van der Waals surface area contributed by atoms with Gasteiger partial charge in [-0.15, -0.1) is 0 Å². The molecular weight excluding hydrogens is 344 g/mol. The van der Waals surface area contributed by atoms with Crippen LogP contribution < -0.4 is 10.6 Å². The van der Waals surface area contributed by atoms with Crippen LogP contribution in [0.5, 0.6) is 0 Å². The van der Waals surface area contributed by atoms with E-state index in [1.807, 2.05) is 30.3 Å². The number of benzene rings is 1. The molecule has 2 N–H and O–H groups in total. The van der Waals surface area contributed by atoms with Gasteiger partial charge < -0.3 is 15.2 Å². The van der Waals surface area contributed by atoms with E-state index in [1.165, 1.54) is 0 Å². The summed E-state index contributed by atoms with van der Waals surface area (Å²) in [6, 6.07) is 11.4. The number of nitrogens with zero attached hydrogens (tertiary/aromatic N) is 2. The maximum Gasteiger partial charge on any atom is 0.259 e. The molecule has 0 bridgehead atoms. The van der Waals surface area contributed by atoms with Crippen molar-refractivity contribution in [2.24, 2.45) is 0 Å². The molecule has 1 fully saturated rings. The number of hydrogen-bond acceptors (Lipinski definition) is 5. The lowest BCUT2D eigenvalue weighted by Gasteiger charge is -2.09. The third-order valence-electron chi connectivity index (χ3n) is 4.62. The molecule has 0 spiro atoms. The van der Waals surface area contributed by atoms with E-state index in [0.29, 0.717) is 34.8 Å². The summed E-state index contributed by atoms with van der Waals surface area (Å²) in [4.78, 5) is 29.2. The van der Waals surface area contributed by atoms with Gasteiger partial charge in [-0.1, -0.05) is 35.5 Å². The van der Waals surface area contributed by atoms with Crippen molar-refractivity contribution in [3.8, 4) is 0 Å². The molecule has 3 aromatic rings. The van der Waals surface area contributed by atoms with Gasteiger partial charge in [0.05, 0.1) is 23.2 Å². The first-order valence-electron chi connectivity index (χ1n) is 8.97. The molecule has 1 aliphatic carbocycles. The van der Waals surface area contributed by atoms with Crippen LogP contribution in [0.3, 0.4) is 0 Å². The fourth-order valence-electron chi connectivity index (χ4n) is 3.00. The molecule has 4 rings (SSSR count). The van der Waals surface area contributed by atoms with E-state index in [1.54, 1.807) is 13.0 Å². The zero-order chi connectivity index (χ0) is 18.8. The molecule has 0 saturated heterocycles. The number of rotatable bonds is 6. The van der Waals surface area contributed by atoms with E-state index >= 15 is 0 Å². The first-order chi connectivity index (χ1) is 13.1. The fraction of sp³-hybridized carbons (Fsp3) is 0.300. The summed E-state index contributed by atoms with van der Waals surface area (Å²) in [7, 11) is 0. The van der Waals surface area contributed by atoms with Gasteiger partial charge in [-0.25, -0.2) is 4.98 Å². The van der Waals surface area contributed by atoms with E-state index in [0.717, 1.165) is 24.1 Å². The minimum Gasteiger partial charge on any atom is -0.350 e. The number of carbonyl (C=O) groups is 2. The third-order valence-corrected chi connectivity index (χ3v) is 4.62. The van der Waals surface area contributed by atoms with Gasteiger partial charge >= 0.3 is 0 Å². The maximum absolute atomic E-state index is 12.7. The van der Waals surface area contributed by atoms with Gasteiger partial charge in [0.1, 0.15) is 0 Å². The summed E-state index contributed by atoms with van der Waals surface area (Å²) >= 11 is 0. The van der Waals surface area contributed by atoms with Crippen LogP contribution in [0.15, 0.2) is 40.9 Å². The molecular formula is C20H20N4O3. The molecule has 138 valence electrons. The highest BCUT2D eigenvalue weighted by atomic mass is 16.5. The van der Waals surface area contributed by atoms with Gasteiger partial charge in [0, 0.05) is 18.2 Å². The standard InChI is InChI=1S/C20H20N4O3/c1-12-18-15(9-16(14-7-8-14)23-20(18)27-24-12)19(26)22-11-17(25)21-10-13-5-3-2-4-6-13/h2-6,9,14H,7-8,10-11H2,1H3,(H,21,25)(H,22,26). The molecule has 7 heteroatoms. The number of nitrogens with one attached hydrogen (secondary N) is 2. The summed E-state index contributed by atoms with van der Waals surface area (Å²) in [5, 5.41) is 9.99. The summed E-state index contributed by atoms with van der Waals surface area (Å²) in [6.07, 6.45) is 2.13. The number of carbonyl (C=O) groups excluding carboxylic acids is 2. The van der Waals surface area contributed by atoms with Crippen molar-refractivity contribution >= 4 is 22.9 Å². The zero-order valence-electron chi connectivity index (χ0n) is 15.0. The molecule has 2 aromatic heterocycles. The van der Waals surface area contributed by atoms with Crippen molar-refractivity contribution in [3.05, 3.63) is 58.9 Å². The highest BCUT2D eigenvalue weighted by Gasteiger charge is 2.28. The summed E-state index contributed by atoms with van der Waals surface area (Å²) in [5.74, 6) is -0.201. The van der Waals surface area contributed by atoms with Crippen molar-refractivity contribution in [1.29, 1.82) is 0 Å². The Morgan fingerprint density at radius 2 is 1.96 bits per heavy atom. The molecule has 1 aromatic carbocycles. The second-order valence-corrected chi connectivity index (χ2v) is 6.76. The molecule has 0 aliphatic heterocycles. The second-order valence-electron chi connectivity index (χ2n) is 6.76. The lowest BCUT2D eigenvalue weighted by atomic mass is 10.1. The van der Waals surface area contributed by atoms with Gasteiger partial charge in [-0.3, -0.25) is 9.59 Å². The van der Waals surface area contributed by atoms with E-state index in [2.05, 4.69) is 20.8 Å². The monoisotopic (exact) mass is 364 g/mol. The molecule has 1 aliphatic rings. The Balaban J connectivity index is 1.43. The highest BCUT2D eigenvalue weighted by Crippen LogP contribution is 2.40. The van der Waals surface area contributed by atoms with Crippen molar-refractivity contribution < 1.29 is 14.1 Å². The van der Waals surface area contributed by atoms with Crippen LogP contribution in [0.1, 0.15) is 46.1 Å². The lowest BCUT2D eigenvalue weighted by Crippen LogP contribution is -2.36. The van der Waals surface area contributed by atoms with Crippen LogP contribution >= 0.6 is 0 Å². The first-order valence-corrected chi connectivity index (χ1v) is 8.97. The van der Waals surface area contributed by atoms with Crippen molar-refractivity contribution in [1.82, 2.24) is 20.8 Å². The van der Waals surface area contributed by atoms with Crippen molar-refractivity contribution in [2.45, 2.75) is 32.2 Å². The number of hydrogen-bond donors (Lipinski definition) is 2. The predicted molar refractivity (Wildman–Crippen MR) is 99.1 cm³/mol. The average molecular weight is 364 g/mol. The Bertz CT molecular complexity index is 993. The molecule has 0 radical (unpaired) electrons. The SMILES string of the molecule is Cc1noc2nc(C3CC3)cc(C(=O)NCC(=O)NCc3ccccc3)c12. The Morgan fingerprint density at radius 3 is 2.70 bits per heavy atom. The van der Waals surface area contributed by atoms with E-state index in [-0.39, 0.29) is 18.4 Å². The predicted octanol–water partition coefficient (Wildman–Crippen LogP) is 2.45. The first kappa shape index (κ1) is 17.2. The molecule has 2 amide bonds. The van der Waals surface area contributed by atoms with Gasteiger partial charge in [0.2, 0.25) is 5.91 Å². The van der Waals surface area contributed by atoms with Gasteiger partial charge in [0.25, 0.3) is 11.6 Å². The number of fused-ring (bicyclic) bond motifs is 1. The van der Waals surface area contributed by atoms with E-state index in [4.69, 9.17) is 4.52 Å². The zero-order valence-corrected chi connectivity index (χ0v) is 15.0. The number of amides is 2. The molecule has 1 saturated carbocycles. The Morgan fingerprint density at radius 1 is 1.19 bits per heavy atom. The van der Waals surface area contributed by atoms with E-state index < -0.39 is 0 Å². The smallest absolute Gasteiger partial charge is 0.259 e. The van der Waals surface area contributed by atoms with E-state index in [9.17, 15) is 9.59 Å². The maximum atomic E-state index is 12.7. The van der Waals surface area contributed by atoms with Gasteiger partial charge in [0.15, 0.2) is 0 Å². The lowest BCUT2D eigenvalue weighted by molar-refractivity contribution is -0.120. The number of pyridine rings is 1. The molecule has 0 atom stereocenters. The molecule has 27 heavy (non-hydrogen) atoms. The molecule has 0 unspecified atom stereocenters. The van der Waals surface area contributed by atoms with Crippen molar-refractivity contribution in [3.63, 3.8) is 0 Å². The van der Waals surface area contributed by atoms with Crippen LogP contribution in [0.25, 0.3) is 11.1 Å². The molecule has 2 heterocycles. The summed E-state index contributed by atoms with van der Waals surface area (Å²) in [5.41, 5.74) is 3.28. The Kier molecular flexibility index (Phi) is 4.58. The summed E-state index contributed by atoms with van der Waals surface area (Å²) in [6.45, 7) is 2.10. The quantitative estimate of drug-likeness (QED) is 0.700. The van der Waals surface area contributed by atoms with Gasteiger partial charge in [-0.05, 0) is 31.4 Å². The largest absolute Gasteiger partial charge is 0.350 e. The number of aryl methyl sites for hydroxylation is 1. The summed E-state index contributed by atoms with van der Waals surface area (Å²) < 4.78 is 5.25. The van der Waals surface area contributed by atoms with Crippen LogP contribution in [-0.2, 0) is 11.3 Å². The van der Waals surface area contributed by atoms with Crippen LogP contribution in [0.2, 0.25) is 0 Å². The number of aromatic nitrogens is 2. The van der Waals surface area contributed by atoms with Crippen LogP contribution in [0.4, 0.5) is 0 Å². The minimum absolute atomic E-state index is 0.0986. The Labute approximate surface area is 156 Å². The van der Waals surface area contributed by atoms with Crippen molar-refractivity contribution in [2.75, 3.05) is 6.54 Å². The molecule has 7 nitrogen and oxygen atoms in total. The van der Waals surface area contributed by atoms with Crippen LogP contribution in [0, 0.1) is 6.92 Å². The topological polar surface area (TPSA) is 97.1 Å². The van der Waals surface area contributed by atoms with Gasteiger partial charge in [-0.2, -0.15) is 0 Å². The minimum atomic E-state index is -0.328. The fourth-order valence-corrected chi connectivity index (χ4v) is 3.00. The van der Waals surface area contributed by atoms with Crippen LogP contribution in [-0.4, -0.2) is 28.5 Å². The second kappa shape index (κ2) is 7.19. The highest BCUT2D eigenvalue weighted by molar-refractivity contribution is 6.06. The third kappa shape index (κ3) is 3.81. The average Bonchev–Trinajstić information content (AvgIpc) is 3.48. The Hall–Kier alpha value is -3.22.